The smallest absolute Gasteiger partial charge is 0.355 e. The molecular weight excluding hydrogens is 602 g/mol. The molecule has 13 heteroatoms. The molecule has 3 rings (SSSR count). The molecule has 0 fully saturated rings. The van der Waals surface area contributed by atoms with Crippen LogP contribution in [-0.2, 0) is 32.3 Å². The Morgan fingerprint density at radius 3 is 2.15 bits per heavy atom. The molecule has 0 heterocycles. The molecule has 0 aromatic heterocycles. The van der Waals surface area contributed by atoms with Gasteiger partial charge in [-0.3, -0.25) is 13.9 Å². The predicted octanol–water partition coefficient (Wildman–Crippen LogP) is 6.15. The third-order valence-electron chi connectivity index (χ3n) is 6.19. The molecule has 1 unspecified atom stereocenters. The summed E-state index contributed by atoms with van der Waals surface area (Å²) in [5.41, 5.74) is -1.21. The van der Waals surface area contributed by atoms with E-state index in [1.54, 1.807) is 44.2 Å². The summed E-state index contributed by atoms with van der Waals surface area (Å²) >= 11 is 12.6. The van der Waals surface area contributed by atoms with Gasteiger partial charge in [-0.15, -0.1) is 0 Å². The number of hydrogen-bond donors (Lipinski definition) is 1. The number of sulfonamides is 1. The molecule has 1 atom stereocenters. The SMILES string of the molecule is CCNC(=O)C(CC)N(Cc1ccccc1Cl)C(=O)CN(c1cc(C(F)(F)F)ccc1Cl)S(=O)(=O)c1ccccc1. The number of halogens is 5. The van der Waals surface area contributed by atoms with Crippen molar-refractivity contribution in [3.05, 3.63) is 94.0 Å². The van der Waals surface area contributed by atoms with Crippen LogP contribution in [0.2, 0.25) is 10.0 Å². The quantitative estimate of drug-likeness (QED) is 0.276. The van der Waals surface area contributed by atoms with Crippen molar-refractivity contribution in [3.8, 4) is 0 Å². The minimum Gasteiger partial charge on any atom is -0.355 e. The van der Waals surface area contributed by atoms with E-state index in [0.717, 1.165) is 6.07 Å². The lowest BCUT2D eigenvalue weighted by Crippen LogP contribution is -2.52. The molecule has 7 nitrogen and oxygen atoms in total. The fourth-order valence-corrected chi connectivity index (χ4v) is 6.05. The number of amides is 2. The molecule has 0 radical (unpaired) electrons. The van der Waals surface area contributed by atoms with E-state index in [9.17, 15) is 31.2 Å². The van der Waals surface area contributed by atoms with Crippen LogP contribution in [0.3, 0.4) is 0 Å². The van der Waals surface area contributed by atoms with Crippen molar-refractivity contribution >= 4 is 50.7 Å². The van der Waals surface area contributed by atoms with Crippen LogP contribution in [0.15, 0.2) is 77.7 Å². The van der Waals surface area contributed by atoms with Crippen molar-refractivity contribution < 1.29 is 31.2 Å². The molecule has 2 amide bonds. The highest BCUT2D eigenvalue weighted by molar-refractivity contribution is 7.92. The average Bonchev–Trinajstić information content (AvgIpc) is 2.93. The Morgan fingerprint density at radius 1 is 0.927 bits per heavy atom. The third kappa shape index (κ3) is 7.72. The lowest BCUT2D eigenvalue weighted by molar-refractivity contribution is -0.140. The second-order valence-corrected chi connectivity index (χ2v) is 11.6. The summed E-state index contributed by atoms with van der Waals surface area (Å²) in [6.45, 7) is 2.55. The number of likely N-dealkylation sites (N-methyl/N-ethyl adjacent to an activating group) is 1. The van der Waals surface area contributed by atoms with Gasteiger partial charge in [-0.05, 0) is 55.3 Å². The van der Waals surface area contributed by atoms with Crippen molar-refractivity contribution in [2.45, 2.75) is 43.9 Å². The summed E-state index contributed by atoms with van der Waals surface area (Å²) < 4.78 is 69.0. The van der Waals surface area contributed by atoms with Gasteiger partial charge in [-0.1, -0.05) is 66.5 Å². The van der Waals surface area contributed by atoms with Crippen molar-refractivity contribution in [1.82, 2.24) is 10.2 Å². The summed E-state index contributed by atoms with van der Waals surface area (Å²) in [6, 6.07) is 14.7. The van der Waals surface area contributed by atoms with Crippen LogP contribution in [0.25, 0.3) is 0 Å². The zero-order valence-corrected chi connectivity index (χ0v) is 24.5. The molecular formula is C28H28Cl2F3N3O4S. The average molecular weight is 631 g/mol. The van der Waals surface area contributed by atoms with Gasteiger partial charge in [0.05, 0.1) is 21.2 Å². The van der Waals surface area contributed by atoms with Crippen molar-refractivity contribution in [3.63, 3.8) is 0 Å². The maximum absolute atomic E-state index is 14.0. The van der Waals surface area contributed by atoms with Gasteiger partial charge < -0.3 is 10.2 Å². The molecule has 0 aliphatic carbocycles. The van der Waals surface area contributed by atoms with E-state index in [4.69, 9.17) is 23.2 Å². The number of carbonyl (C=O) groups is 2. The molecule has 0 aliphatic rings. The van der Waals surface area contributed by atoms with Crippen LogP contribution in [0.5, 0.6) is 0 Å². The highest BCUT2D eigenvalue weighted by Crippen LogP contribution is 2.37. The molecule has 3 aromatic carbocycles. The van der Waals surface area contributed by atoms with E-state index in [2.05, 4.69) is 5.32 Å². The zero-order valence-electron chi connectivity index (χ0n) is 22.2. The Bertz CT molecular complexity index is 1490. The lowest BCUT2D eigenvalue weighted by Gasteiger charge is -2.33. The molecule has 0 spiro atoms. The van der Waals surface area contributed by atoms with E-state index in [1.165, 1.54) is 29.2 Å². The number of benzene rings is 3. The van der Waals surface area contributed by atoms with Crippen LogP contribution in [0.1, 0.15) is 31.4 Å². The minimum atomic E-state index is -4.81. The zero-order chi connectivity index (χ0) is 30.4. The van der Waals surface area contributed by atoms with E-state index in [0.29, 0.717) is 27.0 Å². The monoisotopic (exact) mass is 629 g/mol. The first kappa shape index (κ1) is 32.2. The summed E-state index contributed by atoms with van der Waals surface area (Å²) in [5.74, 6) is -1.33. The molecule has 1 N–H and O–H groups in total. The Kier molecular flexibility index (Phi) is 10.7. The number of nitrogens with one attached hydrogen (secondary N) is 1. The van der Waals surface area contributed by atoms with E-state index >= 15 is 0 Å². The topological polar surface area (TPSA) is 86.8 Å². The van der Waals surface area contributed by atoms with Gasteiger partial charge in [0.1, 0.15) is 12.6 Å². The first-order valence-corrected chi connectivity index (χ1v) is 14.8. The summed E-state index contributed by atoms with van der Waals surface area (Å²) in [5, 5.41) is 2.65. The standard InChI is InChI=1S/C28H28Cl2F3N3O4S/c1-3-24(27(38)34-4-2)35(17-19-10-8-9-13-22(19)29)26(37)18-36(41(39,40)21-11-6-5-7-12-21)25-16-20(28(31,32)33)14-15-23(25)30/h5-16,24H,3-4,17-18H2,1-2H3,(H,34,38). The second kappa shape index (κ2) is 13.6. The molecule has 41 heavy (non-hydrogen) atoms. The molecule has 0 saturated heterocycles. The highest BCUT2D eigenvalue weighted by atomic mass is 35.5. The predicted molar refractivity (Wildman–Crippen MR) is 152 cm³/mol. The van der Waals surface area contributed by atoms with Gasteiger partial charge in [0.2, 0.25) is 11.8 Å². The molecule has 0 bridgehead atoms. The summed E-state index contributed by atoms with van der Waals surface area (Å²) in [7, 11) is -4.60. The molecule has 220 valence electrons. The van der Waals surface area contributed by atoms with E-state index in [-0.39, 0.29) is 29.4 Å². The van der Waals surface area contributed by atoms with Gasteiger partial charge in [-0.25, -0.2) is 8.42 Å². The van der Waals surface area contributed by atoms with Gasteiger partial charge in [0, 0.05) is 18.1 Å². The fraction of sp³-hybridized carbons (Fsp3) is 0.286. The van der Waals surface area contributed by atoms with Crippen LogP contribution in [0, 0.1) is 0 Å². The van der Waals surface area contributed by atoms with Crippen LogP contribution < -0.4 is 9.62 Å². The largest absolute Gasteiger partial charge is 0.416 e. The number of alkyl halides is 3. The Hall–Kier alpha value is -3.28. The van der Waals surface area contributed by atoms with E-state index < -0.39 is 51.9 Å². The maximum atomic E-state index is 14.0. The second-order valence-electron chi connectivity index (χ2n) is 8.92. The summed E-state index contributed by atoms with van der Waals surface area (Å²) in [4.78, 5) is 27.8. The lowest BCUT2D eigenvalue weighted by atomic mass is 10.1. The molecule has 3 aromatic rings. The Morgan fingerprint density at radius 2 is 1.56 bits per heavy atom. The third-order valence-corrected chi connectivity index (χ3v) is 8.65. The summed E-state index contributed by atoms with van der Waals surface area (Å²) in [6.07, 6.45) is -4.65. The Labute approximate surface area is 246 Å². The van der Waals surface area contributed by atoms with Crippen molar-refractivity contribution in [2.24, 2.45) is 0 Å². The Balaban J connectivity index is 2.17. The van der Waals surface area contributed by atoms with Crippen LogP contribution in [0.4, 0.5) is 18.9 Å². The normalized spacial score (nSPS) is 12.5. The van der Waals surface area contributed by atoms with Crippen LogP contribution >= 0.6 is 23.2 Å². The van der Waals surface area contributed by atoms with Gasteiger partial charge >= 0.3 is 6.18 Å². The first-order valence-electron chi connectivity index (χ1n) is 12.6. The van der Waals surface area contributed by atoms with Gasteiger partial charge in [0.25, 0.3) is 10.0 Å². The number of carbonyl (C=O) groups excluding carboxylic acids is 2. The van der Waals surface area contributed by atoms with Crippen LogP contribution in [-0.4, -0.2) is 44.3 Å². The minimum absolute atomic E-state index is 0.163. The number of rotatable bonds is 11. The molecule has 0 aliphatic heterocycles. The number of anilines is 1. The van der Waals surface area contributed by atoms with Crippen molar-refractivity contribution in [2.75, 3.05) is 17.4 Å². The number of nitrogens with zero attached hydrogens (tertiary/aromatic N) is 2. The highest BCUT2D eigenvalue weighted by Gasteiger charge is 2.37. The van der Waals surface area contributed by atoms with Gasteiger partial charge in [-0.2, -0.15) is 13.2 Å². The maximum Gasteiger partial charge on any atom is 0.416 e. The molecule has 0 saturated carbocycles. The number of hydrogen-bond acceptors (Lipinski definition) is 4. The fourth-order valence-electron chi connectivity index (χ4n) is 4.13. The first-order chi connectivity index (χ1) is 19.3. The van der Waals surface area contributed by atoms with Crippen molar-refractivity contribution in [1.29, 1.82) is 0 Å². The van der Waals surface area contributed by atoms with E-state index in [1.807, 2.05) is 0 Å². The van der Waals surface area contributed by atoms with Gasteiger partial charge in [0.15, 0.2) is 0 Å².